The van der Waals surface area contributed by atoms with Crippen LogP contribution in [0.3, 0.4) is 0 Å². The lowest BCUT2D eigenvalue weighted by molar-refractivity contribution is -0.126. The third kappa shape index (κ3) is 7.66. The molecule has 0 saturated heterocycles. The first kappa shape index (κ1) is 27.8. The van der Waals surface area contributed by atoms with Crippen molar-refractivity contribution in [3.63, 3.8) is 0 Å². The molecule has 1 aliphatic rings. The largest absolute Gasteiger partial charge is 0.478 e. The highest BCUT2D eigenvalue weighted by Crippen LogP contribution is 2.27. The number of aromatic nitrogens is 3. The second-order valence-electron chi connectivity index (χ2n) is 10.1. The Bertz CT molecular complexity index is 1280. The first-order valence-electron chi connectivity index (χ1n) is 13.4. The van der Waals surface area contributed by atoms with Crippen LogP contribution in [0.1, 0.15) is 65.6 Å². The predicted molar refractivity (Wildman–Crippen MR) is 152 cm³/mol. The Hall–Kier alpha value is -4.21. The zero-order valence-corrected chi connectivity index (χ0v) is 22.7. The number of aromatic carboxylic acids is 1. The molecule has 0 unspecified atom stereocenters. The molecule has 1 aromatic heterocycles. The van der Waals surface area contributed by atoms with Gasteiger partial charge < -0.3 is 26.4 Å². The second-order valence-corrected chi connectivity index (χ2v) is 10.1. The quantitative estimate of drug-likeness (QED) is 0.243. The number of hydrogen-bond acceptors (Lipinski definition) is 8. The van der Waals surface area contributed by atoms with Gasteiger partial charge >= 0.3 is 5.97 Å². The van der Waals surface area contributed by atoms with Crippen LogP contribution >= 0.6 is 0 Å². The third-order valence-electron chi connectivity index (χ3n) is 7.21. The van der Waals surface area contributed by atoms with Crippen molar-refractivity contribution >= 4 is 29.7 Å². The van der Waals surface area contributed by atoms with E-state index in [1.165, 1.54) is 5.56 Å². The Balaban J connectivity index is 1.26. The average Bonchev–Trinajstić information content (AvgIpc) is 2.95. The van der Waals surface area contributed by atoms with Crippen LogP contribution in [0.15, 0.2) is 48.5 Å². The van der Waals surface area contributed by atoms with Crippen LogP contribution in [-0.4, -0.2) is 51.6 Å². The molecule has 0 radical (unpaired) electrons. The molecule has 5 N–H and O–H groups in total. The van der Waals surface area contributed by atoms with Crippen molar-refractivity contribution in [3.8, 4) is 0 Å². The van der Waals surface area contributed by atoms with Gasteiger partial charge in [-0.2, -0.15) is 15.0 Å². The summed E-state index contributed by atoms with van der Waals surface area (Å²) in [6.45, 7) is 5.00. The van der Waals surface area contributed by atoms with E-state index in [1.54, 1.807) is 26.1 Å². The Kier molecular flexibility index (Phi) is 9.30. The molecule has 2 aromatic carbocycles. The van der Waals surface area contributed by atoms with Gasteiger partial charge in [0.15, 0.2) is 0 Å². The van der Waals surface area contributed by atoms with Crippen LogP contribution in [0.5, 0.6) is 0 Å². The van der Waals surface area contributed by atoms with Gasteiger partial charge in [-0.1, -0.05) is 49.4 Å². The lowest BCUT2D eigenvalue weighted by Gasteiger charge is -2.28. The van der Waals surface area contributed by atoms with Gasteiger partial charge in [0.25, 0.3) is 0 Å². The lowest BCUT2D eigenvalue weighted by Crippen LogP contribution is -2.36. The molecule has 10 heteroatoms. The minimum atomic E-state index is -0.946. The van der Waals surface area contributed by atoms with Gasteiger partial charge in [-0.3, -0.25) is 4.79 Å². The minimum Gasteiger partial charge on any atom is -0.478 e. The van der Waals surface area contributed by atoms with Gasteiger partial charge in [0.1, 0.15) is 0 Å². The summed E-state index contributed by atoms with van der Waals surface area (Å²) in [5.74, 6) is 0.846. The molecule has 4 rings (SSSR count). The molecule has 0 spiro atoms. The fraction of sp³-hybridized carbons (Fsp3) is 0.414. The monoisotopic (exact) mass is 531 g/mol. The van der Waals surface area contributed by atoms with E-state index in [-0.39, 0.29) is 23.4 Å². The molecular weight excluding hydrogens is 494 g/mol. The van der Waals surface area contributed by atoms with Gasteiger partial charge in [-0.25, -0.2) is 4.79 Å². The molecule has 1 fully saturated rings. The van der Waals surface area contributed by atoms with E-state index in [2.05, 4.69) is 55.3 Å². The van der Waals surface area contributed by atoms with Crippen molar-refractivity contribution in [2.75, 3.05) is 29.5 Å². The zero-order valence-electron chi connectivity index (χ0n) is 22.7. The number of nitrogens with one attached hydrogen (secondary N) is 4. The van der Waals surface area contributed by atoms with Gasteiger partial charge in [-0.15, -0.1) is 0 Å². The number of aryl methyl sites for hydroxylation is 1. The summed E-state index contributed by atoms with van der Waals surface area (Å²) < 4.78 is 0. The van der Waals surface area contributed by atoms with Crippen LogP contribution < -0.4 is 21.3 Å². The van der Waals surface area contributed by atoms with Gasteiger partial charge in [-0.05, 0) is 61.3 Å². The van der Waals surface area contributed by atoms with E-state index in [1.807, 2.05) is 24.3 Å². The van der Waals surface area contributed by atoms with Crippen molar-refractivity contribution in [1.29, 1.82) is 0 Å². The molecular formula is C29H37N7O3. The summed E-state index contributed by atoms with van der Waals surface area (Å²) in [7, 11) is 1.78. The summed E-state index contributed by atoms with van der Waals surface area (Å²) in [5.41, 5.74) is 3.10. The average molecular weight is 532 g/mol. The zero-order chi connectivity index (χ0) is 27.8. The summed E-state index contributed by atoms with van der Waals surface area (Å²) in [4.78, 5) is 37.5. The topological polar surface area (TPSA) is 141 Å². The number of benzene rings is 2. The maximum absolute atomic E-state index is 12.8. The second kappa shape index (κ2) is 13.0. The van der Waals surface area contributed by atoms with Crippen LogP contribution in [0.2, 0.25) is 0 Å². The molecule has 1 aliphatic carbocycles. The predicted octanol–water partition coefficient (Wildman–Crippen LogP) is 4.42. The number of nitrogens with zero attached hydrogens (tertiary/aromatic N) is 3. The Morgan fingerprint density at radius 3 is 2.33 bits per heavy atom. The standard InChI is InChI=1S/C29H37N7O3/c1-18-15-20(9-14-24(18)26(38)39)17-31-25(37)22-10-12-23(13-11-22)33-29-35-27(30-3)34-28(36-29)32-16-19(2)21-7-5-4-6-8-21/h4-9,14-15,19,22-23H,10-13,16-17H2,1-3H3,(H,31,37)(H,38,39)(H3,30,32,33,34,35,36)/t19-,22?,23?/m0/s1. The highest BCUT2D eigenvalue weighted by Gasteiger charge is 2.27. The van der Waals surface area contributed by atoms with Crippen LogP contribution in [0.25, 0.3) is 0 Å². The van der Waals surface area contributed by atoms with Crippen LogP contribution in [0, 0.1) is 12.8 Å². The SMILES string of the molecule is CNc1nc(NC[C@H](C)c2ccccc2)nc(NC2CCC(C(=O)NCc3ccc(C(=O)O)c(C)c3)CC2)n1. The van der Waals surface area contributed by atoms with E-state index < -0.39 is 5.97 Å². The molecule has 1 saturated carbocycles. The normalized spacial score (nSPS) is 17.6. The van der Waals surface area contributed by atoms with Crippen molar-refractivity contribution < 1.29 is 14.7 Å². The number of amides is 1. The van der Waals surface area contributed by atoms with E-state index in [4.69, 9.17) is 0 Å². The van der Waals surface area contributed by atoms with Gasteiger partial charge in [0.05, 0.1) is 5.56 Å². The highest BCUT2D eigenvalue weighted by molar-refractivity contribution is 5.89. The number of rotatable bonds is 11. The minimum absolute atomic E-state index is 0.0325. The van der Waals surface area contributed by atoms with Crippen LogP contribution in [-0.2, 0) is 11.3 Å². The van der Waals surface area contributed by atoms with Gasteiger partial charge in [0, 0.05) is 32.1 Å². The molecule has 0 bridgehead atoms. The third-order valence-corrected chi connectivity index (χ3v) is 7.21. The maximum atomic E-state index is 12.8. The number of anilines is 3. The Labute approximate surface area is 229 Å². The first-order chi connectivity index (χ1) is 18.8. The van der Waals surface area contributed by atoms with Crippen molar-refractivity contribution in [3.05, 3.63) is 70.8 Å². The molecule has 39 heavy (non-hydrogen) atoms. The Morgan fingerprint density at radius 1 is 0.974 bits per heavy atom. The summed E-state index contributed by atoms with van der Waals surface area (Å²) in [6.07, 6.45) is 3.20. The summed E-state index contributed by atoms with van der Waals surface area (Å²) >= 11 is 0. The number of carboxylic acids is 1. The molecule has 1 heterocycles. The van der Waals surface area contributed by atoms with Crippen LogP contribution in [0.4, 0.5) is 17.8 Å². The van der Waals surface area contributed by atoms with Crippen molar-refractivity contribution in [2.24, 2.45) is 5.92 Å². The summed E-state index contributed by atoms with van der Waals surface area (Å²) in [6, 6.07) is 15.6. The molecule has 10 nitrogen and oxygen atoms in total. The maximum Gasteiger partial charge on any atom is 0.335 e. The fourth-order valence-corrected chi connectivity index (χ4v) is 4.87. The van der Waals surface area contributed by atoms with Gasteiger partial charge in [0.2, 0.25) is 23.8 Å². The lowest BCUT2D eigenvalue weighted by atomic mass is 9.85. The number of carbonyl (C=O) groups excluding carboxylic acids is 1. The number of carbonyl (C=O) groups is 2. The van der Waals surface area contributed by atoms with E-state index in [9.17, 15) is 14.7 Å². The Morgan fingerprint density at radius 2 is 1.67 bits per heavy atom. The molecule has 206 valence electrons. The smallest absolute Gasteiger partial charge is 0.335 e. The highest BCUT2D eigenvalue weighted by atomic mass is 16.4. The van der Waals surface area contributed by atoms with Crippen molar-refractivity contribution in [1.82, 2.24) is 20.3 Å². The number of hydrogen-bond donors (Lipinski definition) is 5. The van der Waals surface area contributed by atoms with E-state index in [0.717, 1.165) is 31.2 Å². The fourth-order valence-electron chi connectivity index (χ4n) is 4.87. The van der Waals surface area contributed by atoms with Crippen molar-refractivity contribution in [2.45, 2.75) is 58.0 Å². The first-order valence-corrected chi connectivity index (χ1v) is 13.4. The molecule has 3 aromatic rings. The molecule has 0 aliphatic heterocycles. The molecule has 1 amide bonds. The van der Waals surface area contributed by atoms with E-state index >= 15 is 0 Å². The summed E-state index contributed by atoms with van der Waals surface area (Å²) in [5, 5.41) is 22.0. The number of carboxylic acid groups (broad SMARTS) is 1. The van der Waals surface area contributed by atoms with E-state index in [0.29, 0.717) is 42.4 Å². The molecule has 1 atom stereocenters.